The molecule has 2 heteroatoms. The van der Waals surface area contributed by atoms with Crippen LogP contribution in [0.4, 0.5) is 0 Å². The van der Waals surface area contributed by atoms with Crippen LogP contribution in [0.2, 0.25) is 0 Å². The summed E-state index contributed by atoms with van der Waals surface area (Å²) in [7, 11) is 0. The average molecular weight is 214 g/mol. The first-order valence-electron chi connectivity index (χ1n) is 5.85. The molecule has 2 rings (SSSR count). The zero-order chi connectivity index (χ0) is 11.7. The number of nitrogens with zero attached hydrogens (tertiary/aromatic N) is 2. The van der Waals surface area contributed by atoms with Crippen LogP contribution in [0.25, 0.3) is 10.9 Å². The number of rotatable bonds is 2. The van der Waals surface area contributed by atoms with Crippen LogP contribution in [0.15, 0.2) is 24.3 Å². The van der Waals surface area contributed by atoms with E-state index in [9.17, 15) is 0 Å². The molecule has 0 saturated heterocycles. The summed E-state index contributed by atoms with van der Waals surface area (Å²) in [6.45, 7) is 8.70. The fourth-order valence-electron chi connectivity index (χ4n) is 1.72. The Balaban J connectivity index is 2.56. The molecule has 0 amide bonds. The van der Waals surface area contributed by atoms with Crippen LogP contribution in [0.3, 0.4) is 0 Å². The molecule has 0 aliphatic heterocycles. The van der Waals surface area contributed by atoms with E-state index in [0.29, 0.717) is 11.8 Å². The van der Waals surface area contributed by atoms with E-state index in [-0.39, 0.29) is 0 Å². The van der Waals surface area contributed by atoms with Crippen LogP contribution >= 0.6 is 0 Å². The molecule has 1 aromatic heterocycles. The van der Waals surface area contributed by atoms with Gasteiger partial charge in [0.2, 0.25) is 0 Å². The summed E-state index contributed by atoms with van der Waals surface area (Å²) in [6.07, 6.45) is 0. The predicted octanol–water partition coefficient (Wildman–Crippen LogP) is 3.88. The Bertz CT molecular complexity index is 458. The molecule has 1 aromatic carbocycles. The first-order valence-corrected chi connectivity index (χ1v) is 5.85. The van der Waals surface area contributed by atoms with Gasteiger partial charge in [-0.2, -0.15) is 10.2 Å². The summed E-state index contributed by atoms with van der Waals surface area (Å²) in [4.78, 5) is 0. The van der Waals surface area contributed by atoms with E-state index in [1.165, 1.54) is 10.9 Å². The van der Waals surface area contributed by atoms with Crippen molar-refractivity contribution in [2.45, 2.75) is 39.5 Å². The molecule has 0 spiro atoms. The second kappa shape index (κ2) is 4.20. The van der Waals surface area contributed by atoms with Gasteiger partial charge in [0.15, 0.2) is 0 Å². The van der Waals surface area contributed by atoms with Crippen molar-refractivity contribution in [1.82, 2.24) is 10.2 Å². The Hall–Kier alpha value is -1.44. The lowest BCUT2D eigenvalue weighted by atomic mass is 10.0. The number of aromatic nitrogens is 2. The van der Waals surface area contributed by atoms with Gasteiger partial charge in [0.25, 0.3) is 0 Å². The number of benzene rings is 1. The molecule has 2 nitrogen and oxygen atoms in total. The summed E-state index contributed by atoms with van der Waals surface area (Å²) < 4.78 is 0. The van der Waals surface area contributed by atoms with E-state index in [1.807, 2.05) is 0 Å². The van der Waals surface area contributed by atoms with Crippen LogP contribution in [-0.2, 0) is 0 Å². The van der Waals surface area contributed by atoms with Crippen molar-refractivity contribution in [1.29, 1.82) is 0 Å². The van der Waals surface area contributed by atoms with Crippen molar-refractivity contribution in [3.63, 3.8) is 0 Å². The van der Waals surface area contributed by atoms with Gasteiger partial charge in [0, 0.05) is 5.39 Å². The van der Waals surface area contributed by atoms with Crippen LogP contribution in [0.1, 0.15) is 50.8 Å². The SMILES string of the molecule is CC(C)c1ccc2nnc(C(C)C)cc2c1. The number of hydrogen-bond donors (Lipinski definition) is 0. The fraction of sp³-hybridized carbons (Fsp3) is 0.429. The third-order valence-electron chi connectivity index (χ3n) is 2.89. The standard InChI is InChI=1S/C14H18N2/c1-9(2)11-5-6-13-12(7-11)8-14(10(3)4)16-15-13/h5-10H,1-4H3. The van der Waals surface area contributed by atoms with E-state index >= 15 is 0 Å². The van der Waals surface area contributed by atoms with Gasteiger partial charge in [-0.25, -0.2) is 0 Å². The van der Waals surface area contributed by atoms with Gasteiger partial charge in [0.05, 0.1) is 11.2 Å². The summed E-state index contributed by atoms with van der Waals surface area (Å²) in [5.74, 6) is 0.986. The van der Waals surface area contributed by atoms with E-state index in [1.54, 1.807) is 0 Å². The highest BCUT2D eigenvalue weighted by Gasteiger charge is 2.05. The zero-order valence-electron chi connectivity index (χ0n) is 10.4. The van der Waals surface area contributed by atoms with Crippen molar-refractivity contribution in [3.8, 4) is 0 Å². The maximum atomic E-state index is 4.25. The Kier molecular flexibility index (Phi) is 2.90. The minimum absolute atomic E-state index is 0.430. The Labute approximate surface area is 96.7 Å². The highest BCUT2D eigenvalue weighted by Crippen LogP contribution is 2.22. The number of fused-ring (bicyclic) bond motifs is 1. The van der Waals surface area contributed by atoms with E-state index in [2.05, 4.69) is 62.2 Å². The molecule has 0 fully saturated rings. The number of hydrogen-bond acceptors (Lipinski definition) is 2. The molecule has 0 aliphatic rings. The van der Waals surface area contributed by atoms with Crippen molar-refractivity contribution >= 4 is 10.9 Å². The molecule has 0 radical (unpaired) electrons. The molecular weight excluding hydrogens is 196 g/mol. The molecule has 0 N–H and O–H groups in total. The minimum Gasteiger partial charge on any atom is -0.155 e. The van der Waals surface area contributed by atoms with Crippen LogP contribution < -0.4 is 0 Å². The Morgan fingerprint density at radius 1 is 0.875 bits per heavy atom. The molecule has 84 valence electrons. The molecule has 0 saturated carbocycles. The highest BCUT2D eigenvalue weighted by atomic mass is 15.1. The lowest BCUT2D eigenvalue weighted by Crippen LogP contribution is -1.96. The summed E-state index contributed by atoms with van der Waals surface area (Å²) >= 11 is 0. The van der Waals surface area contributed by atoms with Crippen molar-refractivity contribution in [2.75, 3.05) is 0 Å². The van der Waals surface area contributed by atoms with Gasteiger partial charge in [0.1, 0.15) is 0 Å². The lowest BCUT2D eigenvalue weighted by Gasteiger charge is -2.08. The van der Waals surface area contributed by atoms with Crippen LogP contribution in [-0.4, -0.2) is 10.2 Å². The van der Waals surface area contributed by atoms with Gasteiger partial charge >= 0.3 is 0 Å². The van der Waals surface area contributed by atoms with Crippen LogP contribution in [0.5, 0.6) is 0 Å². The topological polar surface area (TPSA) is 25.8 Å². The molecule has 1 heterocycles. The van der Waals surface area contributed by atoms with Crippen molar-refractivity contribution in [3.05, 3.63) is 35.5 Å². The first kappa shape index (κ1) is 11.1. The van der Waals surface area contributed by atoms with E-state index in [4.69, 9.17) is 0 Å². The summed E-state index contributed by atoms with van der Waals surface area (Å²) in [6, 6.07) is 8.57. The van der Waals surface area contributed by atoms with Crippen LogP contribution in [0, 0.1) is 0 Å². The maximum Gasteiger partial charge on any atom is 0.0930 e. The minimum atomic E-state index is 0.430. The normalized spacial score (nSPS) is 11.6. The molecule has 0 bridgehead atoms. The Morgan fingerprint density at radius 2 is 1.62 bits per heavy atom. The quantitative estimate of drug-likeness (QED) is 0.758. The van der Waals surface area contributed by atoms with Crippen molar-refractivity contribution < 1.29 is 0 Å². The third kappa shape index (κ3) is 2.06. The average Bonchev–Trinajstić information content (AvgIpc) is 2.27. The molecule has 0 atom stereocenters. The maximum absolute atomic E-state index is 4.25. The monoisotopic (exact) mass is 214 g/mol. The van der Waals surface area contributed by atoms with Gasteiger partial charge in [-0.3, -0.25) is 0 Å². The van der Waals surface area contributed by atoms with E-state index < -0.39 is 0 Å². The predicted molar refractivity (Wildman–Crippen MR) is 67.7 cm³/mol. The molecule has 16 heavy (non-hydrogen) atoms. The summed E-state index contributed by atoms with van der Waals surface area (Å²) in [5, 5.41) is 9.68. The second-order valence-corrected chi connectivity index (χ2v) is 4.90. The smallest absolute Gasteiger partial charge is 0.0930 e. The van der Waals surface area contributed by atoms with Gasteiger partial charge in [-0.15, -0.1) is 0 Å². The highest BCUT2D eigenvalue weighted by molar-refractivity contribution is 5.79. The molecular formula is C14H18N2. The molecule has 0 aliphatic carbocycles. The van der Waals surface area contributed by atoms with Gasteiger partial charge < -0.3 is 0 Å². The van der Waals surface area contributed by atoms with E-state index in [0.717, 1.165) is 11.2 Å². The summed E-state index contributed by atoms with van der Waals surface area (Å²) in [5.41, 5.74) is 3.40. The second-order valence-electron chi connectivity index (χ2n) is 4.90. The van der Waals surface area contributed by atoms with Crippen molar-refractivity contribution in [2.24, 2.45) is 0 Å². The largest absolute Gasteiger partial charge is 0.155 e. The fourth-order valence-corrected chi connectivity index (χ4v) is 1.72. The molecule has 0 unspecified atom stereocenters. The van der Waals surface area contributed by atoms with Gasteiger partial charge in [-0.05, 0) is 35.6 Å². The lowest BCUT2D eigenvalue weighted by molar-refractivity contribution is 0.794. The van der Waals surface area contributed by atoms with Gasteiger partial charge in [-0.1, -0.05) is 33.8 Å². The third-order valence-corrected chi connectivity index (χ3v) is 2.89. The molecule has 2 aromatic rings. The zero-order valence-corrected chi connectivity index (χ0v) is 10.4. The Morgan fingerprint density at radius 3 is 2.25 bits per heavy atom. The first-order chi connectivity index (χ1) is 7.58.